The van der Waals surface area contributed by atoms with Gasteiger partial charge in [0.05, 0.1) is 26.4 Å². The Bertz CT molecular complexity index is 1670. The Kier molecular flexibility index (Phi) is 61.4. The van der Waals surface area contributed by atoms with Gasteiger partial charge in [0.15, 0.2) is 12.2 Å². The molecule has 87 heavy (non-hydrogen) atoms. The smallest absolute Gasteiger partial charge is 0.462 e. The fraction of sp³-hybridized carbons (Fsp3) is 0.941. The maximum absolute atomic E-state index is 13.0. The lowest BCUT2D eigenvalue weighted by atomic mass is 10.0. The van der Waals surface area contributed by atoms with Crippen molar-refractivity contribution in [3.8, 4) is 0 Å². The first-order valence-corrected chi connectivity index (χ1v) is 38.8. The minimum absolute atomic E-state index is 0.107. The number of carbonyl (C=O) groups is 4. The van der Waals surface area contributed by atoms with Gasteiger partial charge < -0.3 is 33.8 Å². The average Bonchev–Trinajstić information content (AvgIpc) is 3.70. The first-order valence-electron chi connectivity index (χ1n) is 35.8. The van der Waals surface area contributed by atoms with E-state index in [1.807, 2.05) is 0 Å². The molecule has 0 aliphatic rings. The number of rotatable bonds is 69. The molecule has 0 fully saturated rings. The van der Waals surface area contributed by atoms with Crippen LogP contribution in [0, 0.1) is 0 Å². The molecule has 0 aromatic rings. The molecule has 0 saturated carbocycles. The Morgan fingerprint density at radius 2 is 0.460 bits per heavy atom. The molecule has 0 aliphatic carbocycles. The van der Waals surface area contributed by atoms with Gasteiger partial charge in [-0.3, -0.25) is 37.3 Å². The number of aliphatic hydroxyl groups excluding tert-OH is 1. The van der Waals surface area contributed by atoms with E-state index in [4.69, 9.17) is 37.0 Å². The maximum Gasteiger partial charge on any atom is 0.472 e. The van der Waals surface area contributed by atoms with E-state index in [1.54, 1.807) is 0 Å². The van der Waals surface area contributed by atoms with Crippen LogP contribution in [-0.2, 0) is 65.4 Å². The molecular weight excluding hydrogens is 1150 g/mol. The highest BCUT2D eigenvalue weighted by Crippen LogP contribution is 2.45. The second-order valence-corrected chi connectivity index (χ2v) is 27.5. The van der Waals surface area contributed by atoms with Crippen molar-refractivity contribution in [1.29, 1.82) is 0 Å². The van der Waals surface area contributed by atoms with Gasteiger partial charge in [0.1, 0.15) is 19.3 Å². The predicted octanol–water partition coefficient (Wildman–Crippen LogP) is 19.5. The van der Waals surface area contributed by atoms with Crippen LogP contribution in [0.25, 0.3) is 0 Å². The van der Waals surface area contributed by atoms with Gasteiger partial charge in [0, 0.05) is 25.7 Å². The molecule has 3 N–H and O–H groups in total. The second-order valence-electron chi connectivity index (χ2n) is 24.6. The number of aliphatic hydroxyl groups is 1. The molecule has 516 valence electrons. The zero-order valence-electron chi connectivity index (χ0n) is 56.0. The number of carbonyl (C=O) groups excluding carboxylic acids is 4. The number of hydrogen-bond acceptors (Lipinski definition) is 15. The third kappa shape index (κ3) is 62.6. The number of hydrogen-bond donors (Lipinski definition) is 3. The Morgan fingerprint density at radius 3 is 0.678 bits per heavy atom. The molecule has 0 spiro atoms. The molecular formula is C68H132O17P2. The van der Waals surface area contributed by atoms with Gasteiger partial charge in [-0.25, -0.2) is 9.13 Å². The van der Waals surface area contributed by atoms with Crippen molar-refractivity contribution in [2.75, 3.05) is 39.6 Å². The quantitative estimate of drug-likeness (QED) is 0.0222. The van der Waals surface area contributed by atoms with E-state index in [-0.39, 0.29) is 25.7 Å². The fourth-order valence-electron chi connectivity index (χ4n) is 10.3. The van der Waals surface area contributed by atoms with Crippen LogP contribution >= 0.6 is 15.6 Å². The Morgan fingerprint density at radius 1 is 0.276 bits per heavy atom. The summed E-state index contributed by atoms with van der Waals surface area (Å²) in [5.74, 6) is -2.13. The minimum atomic E-state index is -4.95. The van der Waals surface area contributed by atoms with E-state index < -0.39 is 97.5 Å². The van der Waals surface area contributed by atoms with Crippen molar-refractivity contribution in [3.63, 3.8) is 0 Å². The number of phosphoric ester groups is 2. The standard InChI is InChI=1S/C68H132O17P2/c1-5-9-13-17-21-25-28-30-31-32-34-36-39-43-47-51-55-68(73)85-64(59-79-66(71)53-49-45-41-38-35-33-29-26-22-18-14-10-6-2)61-83-87(76,77)81-57-62(69)56-80-86(74,75)82-60-63(58-78-65(70)52-48-44-40-24-20-16-12-8-4)84-67(72)54-50-46-42-37-27-23-19-15-11-7-3/h62-64,69H,5-61H2,1-4H3,(H,74,75)(H,76,77)/t62-,63+,64+/m0/s1. The molecule has 0 heterocycles. The van der Waals surface area contributed by atoms with Crippen LogP contribution in [0.1, 0.15) is 355 Å². The topological polar surface area (TPSA) is 237 Å². The fourth-order valence-corrected chi connectivity index (χ4v) is 11.9. The molecule has 0 bridgehead atoms. The van der Waals surface area contributed by atoms with E-state index in [1.165, 1.54) is 180 Å². The van der Waals surface area contributed by atoms with Crippen LogP contribution in [0.15, 0.2) is 0 Å². The van der Waals surface area contributed by atoms with Gasteiger partial charge in [0.2, 0.25) is 0 Å². The van der Waals surface area contributed by atoms with E-state index in [2.05, 4.69) is 27.7 Å². The molecule has 0 aliphatic heterocycles. The lowest BCUT2D eigenvalue weighted by molar-refractivity contribution is -0.161. The zero-order valence-corrected chi connectivity index (χ0v) is 57.8. The molecule has 5 atom stereocenters. The maximum atomic E-state index is 13.0. The van der Waals surface area contributed by atoms with Gasteiger partial charge >= 0.3 is 39.5 Å². The van der Waals surface area contributed by atoms with Crippen molar-refractivity contribution in [1.82, 2.24) is 0 Å². The molecule has 2 unspecified atom stereocenters. The van der Waals surface area contributed by atoms with Gasteiger partial charge in [-0.05, 0) is 25.7 Å². The number of unbranched alkanes of at least 4 members (excludes halogenated alkanes) is 43. The summed E-state index contributed by atoms with van der Waals surface area (Å²) in [6.07, 6.45) is 49.9. The van der Waals surface area contributed by atoms with Crippen LogP contribution in [0.4, 0.5) is 0 Å². The van der Waals surface area contributed by atoms with Gasteiger partial charge in [-0.15, -0.1) is 0 Å². The Hall–Kier alpha value is -1.94. The average molecular weight is 1280 g/mol. The molecule has 0 radical (unpaired) electrons. The van der Waals surface area contributed by atoms with Crippen molar-refractivity contribution < 1.29 is 80.2 Å². The van der Waals surface area contributed by atoms with Crippen LogP contribution in [0.5, 0.6) is 0 Å². The van der Waals surface area contributed by atoms with Crippen molar-refractivity contribution >= 4 is 39.5 Å². The summed E-state index contributed by atoms with van der Waals surface area (Å²) in [4.78, 5) is 72.3. The van der Waals surface area contributed by atoms with Crippen molar-refractivity contribution in [2.24, 2.45) is 0 Å². The largest absolute Gasteiger partial charge is 0.472 e. The van der Waals surface area contributed by atoms with Crippen LogP contribution in [-0.4, -0.2) is 96.7 Å². The summed E-state index contributed by atoms with van der Waals surface area (Å²) in [6.45, 7) is 4.90. The van der Waals surface area contributed by atoms with Crippen LogP contribution < -0.4 is 0 Å². The molecule has 0 rings (SSSR count). The lowest BCUT2D eigenvalue weighted by Gasteiger charge is -2.21. The predicted molar refractivity (Wildman–Crippen MR) is 349 cm³/mol. The number of esters is 4. The monoisotopic (exact) mass is 1280 g/mol. The second kappa shape index (κ2) is 62.8. The molecule has 0 aromatic carbocycles. The Labute approximate surface area is 530 Å². The first-order chi connectivity index (χ1) is 42.2. The summed E-state index contributed by atoms with van der Waals surface area (Å²) in [6, 6.07) is 0. The van der Waals surface area contributed by atoms with Crippen molar-refractivity contribution in [3.05, 3.63) is 0 Å². The van der Waals surface area contributed by atoms with E-state index in [9.17, 15) is 43.2 Å². The zero-order chi connectivity index (χ0) is 64.0. The molecule has 17 nitrogen and oxygen atoms in total. The highest BCUT2D eigenvalue weighted by Gasteiger charge is 2.30. The first kappa shape index (κ1) is 85.1. The molecule has 0 amide bonds. The third-order valence-corrected chi connectivity index (χ3v) is 17.8. The van der Waals surface area contributed by atoms with Gasteiger partial charge in [0.25, 0.3) is 0 Å². The SMILES string of the molecule is CCCCCCCCCCCCCCCCCCC(=O)O[C@H](COC(=O)CCCCCCCCCCCCCCC)COP(=O)(O)OC[C@@H](O)COP(=O)(O)OC[C@@H](COC(=O)CCCCCCCCCC)OC(=O)CCCCCCCCCCCC. The van der Waals surface area contributed by atoms with Gasteiger partial charge in [-0.2, -0.15) is 0 Å². The van der Waals surface area contributed by atoms with Crippen LogP contribution in [0.3, 0.4) is 0 Å². The summed E-state index contributed by atoms with van der Waals surface area (Å²) >= 11 is 0. The normalized spacial score (nSPS) is 14.1. The lowest BCUT2D eigenvalue weighted by Crippen LogP contribution is -2.30. The summed E-state index contributed by atoms with van der Waals surface area (Å²) < 4.78 is 68.1. The van der Waals surface area contributed by atoms with E-state index in [0.29, 0.717) is 25.7 Å². The molecule has 19 heteroatoms. The third-order valence-electron chi connectivity index (χ3n) is 15.9. The Balaban J connectivity index is 5.21. The number of ether oxygens (including phenoxy) is 4. The summed E-state index contributed by atoms with van der Waals surface area (Å²) in [5, 5.41) is 10.6. The highest BCUT2D eigenvalue weighted by atomic mass is 31.2. The van der Waals surface area contributed by atoms with Gasteiger partial charge in [-0.1, -0.05) is 304 Å². The molecule has 0 aromatic heterocycles. The number of phosphoric acid groups is 2. The van der Waals surface area contributed by atoms with E-state index >= 15 is 0 Å². The summed E-state index contributed by atoms with van der Waals surface area (Å²) in [7, 11) is -9.89. The minimum Gasteiger partial charge on any atom is -0.462 e. The van der Waals surface area contributed by atoms with Crippen molar-refractivity contribution in [2.45, 2.75) is 373 Å². The molecule has 0 saturated heterocycles. The summed E-state index contributed by atoms with van der Waals surface area (Å²) in [5.41, 5.74) is 0. The van der Waals surface area contributed by atoms with E-state index in [0.717, 1.165) is 96.3 Å². The highest BCUT2D eigenvalue weighted by molar-refractivity contribution is 7.47. The van der Waals surface area contributed by atoms with Crippen LogP contribution in [0.2, 0.25) is 0 Å².